The van der Waals surface area contributed by atoms with E-state index in [0.717, 1.165) is 29.0 Å². The molecule has 1 heterocycles. The zero-order valence-corrected chi connectivity index (χ0v) is 13.2. The van der Waals surface area contributed by atoms with Crippen molar-refractivity contribution in [2.45, 2.75) is 46.1 Å². The third-order valence-corrected chi connectivity index (χ3v) is 3.37. The Labute approximate surface area is 126 Å². The first-order valence-electron chi connectivity index (χ1n) is 7.32. The van der Waals surface area contributed by atoms with Gasteiger partial charge in [-0.25, -0.2) is 4.98 Å². The number of benzene rings is 1. The largest absolute Gasteiger partial charge is 0.439 e. The molecule has 2 rings (SSSR count). The molecule has 21 heavy (non-hydrogen) atoms. The zero-order chi connectivity index (χ0) is 15.5. The molecule has 0 unspecified atom stereocenters. The maximum atomic E-state index is 9.35. The van der Waals surface area contributed by atoms with Crippen LogP contribution in [0, 0.1) is 0 Å². The van der Waals surface area contributed by atoms with Crippen molar-refractivity contribution in [2.75, 3.05) is 0 Å². The number of nitrogens with zero attached hydrogens (tertiary/aromatic N) is 1. The SMILES string of the molecule is CCc1cc(CO)cc(Oc2ccccc2C(C)(C)C)n1. The molecule has 0 spiro atoms. The van der Waals surface area contributed by atoms with Crippen LogP contribution in [0.15, 0.2) is 36.4 Å². The summed E-state index contributed by atoms with van der Waals surface area (Å²) in [4.78, 5) is 4.48. The van der Waals surface area contributed by atoms with Crippen LogP contribution in [0.4, 0.5) is 0 Å². The minimum atomic E-state index is -0.00715. The molecule has 0 aliphatic heterocycles. The van der Waals surface area contributed by atoms with Crippen molar-refractivity contribution >= 4 is 0 Å². The molecule has 0 bridgehead atoms. The molecule has 0 aliphatic carbocycles. The van der Waals surface area contributed by atoms with Crippen molar-refractivity contribution in [3.8, 4) is 11.6 Å². The van der Waals surface area contributed by atoms with Crippen molar-refractivity contribution in [1.29, 1.82) is 0 Å². The van der Waals surface area contributed by atoms with E-state index in [9.17, 15) is 5.11 Å². The number of hydrogen-bond donors (Lipinski definition) is 1. The lowest BCUT2D eigenvalue weighted by atomic mass is 9.86. The first kappa shape index (κ1) is 15.5. The Morgan fingerprint density at radius 2 is 1.86 bits per heavy atom. The molecule has 0 saturated carbocycles. The van der Waals surface area contributed by atoms with Gasteiger partial charge in [-0.2, -0.15) is 0 Å². The third kappa shape index (κ3) is 3.82. The van der Waals surface area contributed by atoms with E-state index >= 15 is 0 Å². The highest BCUT2D eigenvalue weighted by Gasteiger charge is 2.19. The summed E-state index contributed by atoms with van der Waals surface area (Å²) < 4.78 is 6.00. The smallest absolute Gasteiger partial charge is 0.219 e. The van der Waals surface area contributed by atoms with Crippen LogP contribution >= 0.6 is 0 Å². The molecule has 0 fully saturated rings. The highest BCUT2D eigenvalue weighted by Crippen LogP contribution is 2.33. The van der Waals surface area contributed by atoms with Gasteiger partial charge in [0.25, 0.3) is 0 Å². The maximum absolute atomic E-state index is 9.35. The summed E-state index contributed by atoms with van der Waals surface area (Å²) in [5.74, 6) is 1.35. The number of aliphatic hydroxyl groups excluding tert-OH is 1. The van der Waals surface area contributed by atoms with Crippen LogP contribution < -0.4 is 4.74 Å². The number of aromatic nitrogens is 1. The van der Waals surface area contributed by atoms with Gasteiger partial charge in [0.2, 0.25) is 5.88 Å². The second-order valence-corrected chi connectivity index (χ2v) is 6.16. The third-order valence-electron chi connectivity index (χ3n) is 3.37. The first-order chi connectivity index (χ1) is 9.94. The van der Waals surface area contributed by atoms with E-state index in [-0.39, 0.29) is 12.0 Å². The lowest BCUT2D eigenvalue weighted by Gasteiger charge is -2.22. The van der Waals surface area contributed by atoms with E-state index in [1.165, 1.54) is 0 Å². The fourth-order valence-electron chi connectivity index (χ4n) is 2.23. The molecule has 0 atom stereocenters. The fourth-order valence-corrected chi connectivity index (χ4v) is 2.23. The highest BCUT2D eigenvalue weighted by atomic mass is 16.5. The van der Waals surface area contributed by atoms with E-state index in [1.54, 1.807) is 6.07 Å². The van der Waals surface area contributed by atoms with Gasteiger partial charge in [0.1, 0.15) is 5.75 Å². The maximum Gasteiger partial charge on any atom is 0.219 e. The van der Waals surface area contributed by atoms with Crippen LogP contribution in [0.2, 0.25) is 0 Å². The predicted molar refractivity (Wildman–Crippen MR) is 84.8 cm³/mol. The van der Waals surface area contributed by atoms with E-state index in [4.69, 9.17) is 4.74 Å². The molecule has 1 aromatic heterocycles. The van der Waals surface area contributed by atoms with Gasteiger partial charge in [0.05, 0.1) is 6.61 Å². The number of ether oxygens (including phenoxy) is 1. The number of para-hydroxylation sites is 1. The van der Waals surface area contributed by atoms with Gasteiger partial charge in [0, 0.05) is 17.3 Å². The van der Waals surface area contributed by atoms with Crippen molar-refractivity contribution in [1.82, 2.24) is 4.98 Å². The summed E-state index contributed by atoms with van der Waals surface area (Å²) in [6, 6.07) is 11.7. The highest BCUT2D eigenvalue weighted by molar-refractivity contribution is 5.41. The van der Waals surface area contributed by atoms with E-state index < -0.39 is 0 Å². The summed E-state index contributed by atoms with van der Waals surface area (Å²) in [6.07, 6.45) is 0.811. The Balaban J connectivity index is 2.39. The molecule has 0 aliphatic rings. The van der Waals surface area contributed by atoms with E-state index in [2.05, 4.69) is 31.8 Å². The number of aryl methyl sites for hydroxylation is 1. The second kappa shape index (κ2) is 6.27. The molecular weight excluding hydrogens is 262 g/mol. The Bertz CT molecular complexity index is 593. The molecule has 0 radical (unpaired) electrons. The summed E-state index contributed by atoms with van der Waals surface area (Å²) in [5.41, 5.74) is 2.88. The van der Waals surface area contributed by atoms with Gasteiger partial charge >= 0.3 is 0 Å². The van der Waals surface area contributed by atoms with Crippen LogP contribution in [-0.4, -0.2) is 10.1 Å². The van der Waals surface area contributed by atoms with Crippen molar-refractivity contribution in [3.05, 3.63) is 53.2 Å². The monoisotopic (exact) mass is 285 g/mol. The normalized spacial score (nSPS) is 11.5. The lowest BCUT2D eigenvalue weighted by Crippen LogP contribution is -2.12. The van der Waals surface area contributed by atoms with Crippen molar-refractivity contribution in [3.63, 3.8) is 0 Å². The van der Waals surface area contributed by atoms with Gasteiger partial charge in [0.15, 0.2) is 0 Å². The van der Waals surface area contributed by atoms with Crippen LogP contribution in [0.1, 0.15) is 44.5 Å². The quantitative estimate of drug-likeness (QED) is 0.914. The first-order valence-corrected chi connectivity index (χ1v) is 7.32. The standard InChI is InChI=1S/C18H23NO2/c1-5-14-10-13(12-20)11-17(19-14)21-16-9-7-6-8-15(16)18(2,3)4/h6-11,20H,5,12H2,1-4H3. The summed E-state index contributed by atoms with van der Waals surface area (Å²) in [7, 11) is 0. The molecule has 3 heteroatoms. The number of aliphatic hydroxyl groups is 1. The van der Waals surface area contributed by atoms with Gasteiger partial charge in [-0.05, 0) is 29.5 Å². The molecule has 2 aromatic rings. The topological polar surface area (TPSA) is 42.4 Å². The average Bonchev–Trinajstić information content (AvgIpc) is 2.46. The predicted octanol–water partition coefficient (Wildman–Crippen LogP) is 4.23. The van der Waals surface area contributed by atoms with Crippen LogP contribution in [0.5, 0.6) is 11.6 Å². The number of rotatable bonds is 4. The van der Waals surface area contributed by atoms with Gasteiger partial charge in [-0.3, -0.25) is 0 Å². The number of hydrogen-bond acceptors (Lipinski definition) is 3. The Kier molecular flexibility index (Phi) is 4.63. The van der Waals surface area contributed by atoms with Gasteiger partial charge in [-0.15, -0.1) is 0 Å². The average molecular weight is 285 g/mol. The van der Waals surface area contributed by atoms with Crippen molar-refractivity contribution < 1.29 is 9.84 Å². The molecule has 1 aromatic carbocycles. The van der Waals surface area contributed by atoms with Crippen LogP contribution in [-0.2, 0) is 18.4 Å². The summed E-state index contributed by atoms with van der Waals surface area (Å²) in [6.45, 7) is 8.50. The van der Waals surface area contributed by atoms with Gasteiger partial charge in [-0.1, -0.05) is 45.9 Å². The summed E-state index contributed by atoms with van der Waals surface area (Å²) in [5, 5.41) is 9.35. The van der Waals surface area contributed by atoms with Crippen LogP contribution in [0.3, 0.4) is 0 Å². The van der Waals surface area contributed by atoms with Crippen LogP contribution in [0.25, 0.3) is 0 Å². The Morgan fingerprint density at radius 3 is 2.48 bits per heavy atom. The van der Waals surface area contributed by atoms with Crippen molar-refractivity contribution in [2.24, 2.45) is 0 Å². The molecule has 0 amide bonds. The summed E-state index contributed by atoms with van der Waals surface area (Å²) >= 11 is 0. The number of pyridine rings is 1. The minimum Gasteiger partial charge on any atom is -0.439 e. The molecule has 1 N–H and O–H groups in total. The lowest BCUT2D eigenvalue weighted by molar-refractivity contribution is 0.280. The molecule has 3 nitrogen and oxygen atoms in total. The Hall–Kier alpha value is -1.87. The molecule has 0 saturated heterocycles. The fraction of sp³-hybridized carbons (Fsp3) is 0.389. The molecule has 112 valence electrons. The van der Waals surface area contributed by atoms with E-state index in [1.807, 2.05) is 31.2 Å². The van der Waals surface area contributed by atoms with Gasteiger partial charge < -0.3 is 9.84 Å². The molecular formula is C18H23NO2. The minimum absolute atomic E-state index is 0.00122. The zero-order valence-electron chi connectivity index (χ0n) is 13.2. The van der Waals surface area contributed by atoms with E-state index in [0.29, 0.717) is 5.88 Å². The Morgan fingerprint density at radius 1 is 1.14 bits per heavy atom. The second-order valence-electron chi connectivity index (χ2n) is 6.16.